The van der Waals surface area contributed by atoms with Gasteiger partial charge in [0.15, 0.2) is 6.29 Å². The number of aliphatic hydroxyl groups is 4. The summed E-state index contributed by atoms with van der Waals surface area (Å²) in [6.45, 7) is 4.54. The molecule has 1 aliphatic rings. The van der Waals surface area contributed by atoms with Gasteiger partial charge in [-0.25, -0.2) is 0 Å². The summed E-state index contributed by atoms with van der Waals surface area (Å²) in [5.41, 5.74) is 0. The lowest BCUT2D eigenvalue weighted by molar-refractivity contribution is -0.305. The Morgan fingerprint density at radius 3 is 1.49 bits per heavy atom. The first-order valence-electron chi connectivity index (χ1n) is 22.9. The first-order chi connectivity index (χ1) is 26.9. The molecule has 324 valence electrons. The Balaban J connectivity index is 2.24. The van der Waals surface area contributed by atoms with Crippen molar-refractivity contribution in [3.63, 3.8) is 0 Å². The minimum atomic E-state index is -1.54. The highest BCUT2D eigenvalue weighted by atomic mass is 16.7. The maximum Gasteiger partial charge on any atom is 0.306 e. The van der Waals surface area contributed by atoms with E-state index >= 15 is 0 Å². The average molecular weight is 783 g/mol. The summed E-state index contributed by atoms with van der Waals surface area (Å²) < 4.78 is 22.8. The number of allylic oxidation sites excluding steroid dienone is 4. The Morgan fingerprint density at radius 2 is 1.00 bits per heavy atom. The second-order valence-corrected chi connectivity index (χ2v) is 15.8. The summed E-state index contributed by atoms with van der Waals surface area (Å²) in [5, 5.41) is 40.1. The Labute approximate surface area is 337 Å². The van der Waals surface area contributed by atoms with Gasteiger partial charge in [-0.2, -0.15) is 0 Å². The van der Waals surface area contributed by atoms with Crippen molar-refractivity contribution in [2.45, 2.75) is 237 Å². The highest BCUT2D eigenvalue weighted by molar-refractivity contribution is 5.69. The molecule has 0 aromatic rings. The SMILES string of the molecule is CCCCCC/C=C\CCCCCCCC(=O)OC(COCCCCCCCCCC/C=C\CCCCCCCCC)COC1OC(CO)C(O)C(O)C1O. The molecule has 0 radical (unpaired) electrons. The topological polar surface area (TPSA) is 135 Å². The summed E-state index contributed by atoms with van der Waals surface area (Å²) in [4.78, 5) is 12.7. The molecule has 0 saturated carbocycles. The van der Waals surface area contributed by atoms with Gasteiger partial charge in [-0.3, -0.25) is 4.79 Å². The number of carbonyl (C=O) groups excluding carboxylic acids is 1. The molecule has 9 heteroatoms. The van der Waals surface area contributed by atoms with Crippen LogP contribution in [0.3, 0.4) is 0 Å². The standard InChI is InChI=1S/C46H86O9/c1-3-5-7-9-11-13-15-17-18-19-20-21-22-24-26-28-30-32-34-36-52-38-40(39-53-46-45(51)44(50)43(49)41(37-47)55-46)54-42(48)35-33-31-29-27-25-23-16-14-12-10-8-6-4-2/h14,16,18-19,40-41,43-47,49-51H,3-13,15,17,20-39H2,1-2H3/b16-14-,19-18-. The molecule has 0 aromatic carbocycles. The number of ether oxygens (including phenoxy) is 4. The molecule has 1 saturated heterocycles. The van der Waals surface area contributed by atoms with E-state index in [1.165, 1.54) is 135 Å². The van der Waals surface area contributed by atoms with E-state index in [0.717, 1.165) is 44.9 Å². The first-order valence-corrected chi connectivity index (χ1v) is 22.9. The van der Waals surface area contributed by atoms with Gasteiger partial charge in [0.2, 0.25) is 0 Å². The van der Waals surface area contributed by atoms with E-state index < -0.39 is 43.4 Å². The molecule has 1 aliphatic heterocycles. The lowest BCUT2D eigenvalue weighted by atomic mass is 9.99. The third-order valence-electron chi connectivity index (χ3n) is 10.6. The van der Waals surface area contributed by atoms with Crippen molar-refractivity contribution >= 4 is 5.97 Å². The first kappa shape index (κ1) is 51.7. The van der Waals surface area contributed by atoms with Gasteiger partial charge in [0.05, 0.1) is 19.8 Å². The zero-order valence-corrected chi connectivity index (χ0v) is 35.4. The fraction of sp³-hybridized carbons (Fsp3) is 0.891. The van der Waals surface area contributed by atoms with E-state index in [1.54, 1.807) is 0 Å². The van der Waals surface area contributed by atoms with Crippen LogP contribution in [0.15, 0.2) is 24.3 Å². The minimum absolute atomic E-state index is 0.116. The third kappa shape index (κ3) is 29.5. The van der Waals surface area contributed by atoms with Crippen LogP contribution in [0.25, 0.3) is 0 Å². The van der Waals surface area contributed by atoms with Gasteiger partial charge < -0.3 is 39.4 Å². The summed E-state index contributed by atoms with van der Waals surface area (Å²) in [7, 11) is 0. The van der Waals surface area contributed by atoms with Crippen LogP contribution >= 0.6 is 0 Å². The largest absolute Gasteiger partial charge is 0.457 e. The molecule has 0 spiro atoms. The summed E-state index contributed by atoms with van der Waals surface area (Å²) >= 11 is 0. The Hall–Kier alpha value is -1.33. The number of hydrogen-bond donors (Lipinski definition) is 4. The van der Waals surface area contributed by atoms with E-state index in [9.17, 15) is 25.2 Å². The molecule has 0 bridgehead atoms. The predicted octanol–water partition coefficient (Wildman–Crippen LogP) is 10.2. The Kier molecular flexibility index (Phi) is 35.9. The maximum atomic E-state index is 12.7. The van der Waals surface area contributed by atoms with Crippen LogP contribution in [0.1, 0.15) is 200 Å². The molecule has 1 fully saturated rings. The van der Waals surface area contributed by atoms with Gasteiger partial charge in [0.25, 0.3) is 0 Å². The second kappa shape index (κ2) is 38.2. The quantitative estimate of drug-likeness (QED) is 0.0273. The fourth-order valence-electron chi connectivity index (χ4n) is 6.95. The average Bonchev–Trinajstić information content (AvgIpc) is 3.18. The number of hydrogen-bond acceptors (Lipinski definition) is 9. The molecular formula is C46H86O9. The molecule has 1 heterocycles. The summed E-state index contributed by atoms with van der Waals surface area (Å²) in [6, 6.07) is 0. The van der Waals surface area contributed by atoms with Gasteiger partial charge in [-0.15, -0.1) is 0 Å². The zero-order valence-electron chi connectivity index (χ0n) is 35.4. The molecular weight excluding hydrogens is 696 g/mol. The molecule has 6 atom stereocenters. The van der Waals surface area contributed by atoms with Crippen molar-refractivity contribution in [3.8, 4) is 0 Å². The van der Waals surface area contributed by atoms with Crippen molar-refractivity contribution in [1.82, 2.24) is 0 Å². The van der Waals surface area contributed by atoms with E-state index in [0.29, 0.717) is 13.0 Å². The van der Waals surface area contributed by atoms with E-state index in [4.69, 9.17) is 18.9 Å². The van der Waals surface area contributed by atoms with Crippen LogP contribution in [0.4, 0.5) is 0 Å². The molecule has 0 aliphatic carbocycles. The van der Waals surface area contributed by atoms with Crippen molar-refractivity contribution in [2.24, 2.45) is 0 Å². The Morgan fingerprint density at radius 1 is 0.564 bits per heavy atom. The van der Waals surface area contributed by atoms with Gasteiger partial charge in [-0.05, 0) is 64.2 Å². The normalized spacial score (nSPS) is 20.9. The molecule has 0 amide bonds. The smallest absolute Gasteiger partial charge is 0.306 e. The van der Waals surface area contributed by atoms with Crippen molar-refractivity contribution < 1.29 is 44.2 Å². The van der Waals surface area contributed by atoms with Crippen molar-refractivity contribution in [2.75, 3.05) is 26.4 Å². The lowest BCUT2D eigenvalue weighted by Crippen LogP contribution is -2.59. The molecule has 9 nitrogen and oxygen atoms in total. The highest BCUT2D eigenvalue weighted by Crippen LogP contribution is 2.22. The van der Waals surface area contributed by atoms with Gasteiger partial charge in [-0.1, -0.05) is 154 Å². The van der Waals surface area contributed by atoms with Crippen molar-refractivity contribution in [1.29, 1.82) is 0 Å². The van der Waals surface area contributed by atoms with Gasteiger partial charge >= 0.3 is 5.97 Å². The molecule has 1 rings (SSSR count). The predicted molar refractivity (Wildman–Crippen MR) is 224 cm³/mol. The van der Waals surface area contributed by atoms with Crippen LogP contribution in [-0.4, -0.2) is 89.6 Å². The van der Waals surface area contributed by atoms with E-state index in [1.807, 2.05) is 0 Å². The fourth-order valence-corrected chi connectivity index (χ4v) is 6.95. The van der Waals surface area contributed by atoms with Crippen LogP contribution in [0, 0.1) is 0 Å². The summed E-state index contributed by atoms with van der Waals surface area (Å²) in [5.74, 6) is -0.323. The highest BCUT2D eigenvalue weighted by Gasteiger charge is 2.44. The molecule has 6 unspecified atom stereocenters. The van der Waals surface area contributed by atoms with Crippen LogP contribution in [-0.2, 0) is 23.7 Å². The number of carbonyl (C=O) groups is 1. The molecule has 55 heavy (non-hydrogen) atoms. The van der Waals surface area contributed by atoms with Crippen LogP contribution in [0.2, 0.25) is 0 Å². The second-order valence-electron chi connectivity index (χ2n) is 15.8. The number of rotatable bonds is 39. The number of aliphatic hydroxyl groups excluding tert-OH is 4. The summed E-state index contributed by atoms with van der Waals surface area (Å²) in [6.07, 6.45) is 36.3. The maximum absolute atomic E-state index is 12.7. The monoisotopic (exact) mass is 783 g/mol. The minimum Gasteiger partial charge on any atom is -0.457 e. The zero-order chi connectivity index (χ0) is 40.0. The Bertz CT molecular complexity index is 895. The number of unbranched alkanes of at least 4 members (excludes halogenated alkanes) is 24. The third-order valence-corrected chi connectivity index (χ3v) is 10.6. The molecule has 0 aromatic heterocycles. The van der Waals surface area contributed by atoms with Crippen LogP contribution in [0.5, 0.6) is 0 Å². The van der Waals surface area contributed by atoms with Gasteiger partial charge in [0.1, 0.15) is 30.5 Å². The van der Waals surface area contributed by atoms with Crippen LogP contribution < -0.4 is 0 Å². The van der Waals surface area contributed by atoms with Gasteiger partial charge in [0, 0.05) is 13.0 Å². The molecule has 4 N–H and O–H groups in total. The van der Waals surface area contributed by atoms with Crippen molar-refractivity contribution in [3.05, 3.63) is 24.3 Å². The van der Waals surface area contributed by atoms with E-state index in [2.05, 4.69) is 38.2 Å². The lowest BCUT2D eigenvalue weighted by Gasteiger charge is -2.39. The van der Waals surface area contributed by atoms with E-state index in [-0.39, 0.29) is 19.2 Å². The number of esters is 1.